The molecular formula is C14H14N2O4. The van der Waals surface area contributed by atoms with Crippen LogP contribution in [0.5, 0.6) is 0 Å². The number of carbonyl (C=O) groups excluding carboxylic acids is 1. The number of carbonyl (C=O) groups is 2. The first kappa shape index (κ1) is 14.0. The number of ether oxygens (including phenoxy) is 1. The largest absolute Gasteiger partial charge is 0.479 e. The van der Waals surface area contributed by atoms with Crippen LogP contribution >= 0.6 is 0 Å². The summed E-state index contributed by atoms with van der Waals surface area (Å²) in [7, 11) is 0. The molecule has 1 amide bonds. The first-order valence-electron chi connectivity index (χ1n) is 6.27. The van der Waals surface area contributed by atoms with Crippen LogP contribution in [0.4, 0.5) is 0 Å². The van der Waals surface area contributed by atoms with Gasteiger partial charge in [-0.3, -0.25) is 4.79 Å². The number of amides is 1. The number of aliphatic carboxylic acids is 1. The van der Waals surface area contributed by atoms with Crippen molar-refractivity contribution in [3.63, 3.8) is 0 Å². The second-order valence-electron chi connectivity index (χ2n) is 4.56. The molecule has 1 aliphatic rings. The third-order valence-corrected chi connectivity index (χ3v) is 3.13. The Morgan fingerprint density at radius 3 is 2.90 bits per heavy atom. The molecule has 1 saturated heterocycles. The summed E-state index contributed by atoms with van der Waals surface area (Å²) < 4.78 is 5.29. The van der Waals surface area contributed by atoms with E-state index in [2.05, 4.69) is 5.32 Å². The Bertz CT molecular complexity index is 565. The first-order chi connectivity index (χ1) is 9.60. The van der Waals surface area contributed by atoms with Gasteiger partial charge in [0.1, 0.15) is 0 Å². The quantitative estimate of drug-likeness (QED) is 0.850. The highest BCUT2D eigenvalue weighted by Crippen LogP contribution is 2.19. The van der Waals surface area contributed by atoms with Crippen molar-refractivity contribution in [3.8, 4) is 6.07 Å². The normalized spacial score (nSPS) is 21.1. The van der Waals surface area contributed by atoms with Gasteiger partial charge in [0.05, 0.1) is 17.7 Å². The summed E-state index contributed by atoms with van der Waals surface area (Å²) in [5.74, 6) is -1.27. The van der Waals surface area contributed by atoms with Crippen molar-refractivity contribution in [1.29, 1.82) is 5.26 Å². The Balaban J connectivity index is 1.87. The van der Waals surface area contributed by atoms with E-state index in [4.69, 9.17) is 15.1 Å². The number of nitriles is 1. The van der Waals surface area contributed by atoms with Gasteiger partial charge in [-0.1, -0.05) is 6.07 Å². The molecule has 0 aliphatic carbocycles. The smallest absolute Gasteiger partial charge is 0.332 e. The highest BCUT2D eigenvalue weighted by Gasteiger charge is 2.30. The maximum atomic E-state index is 11.9. The number of benzene rings is 1. The number of hydrogen-bond donors (Lipinski definition) is 2. The van der Waals surface area contributed by atoms with Gasteiger partial charge in [-0.2, -0.15) is 5.26 Å². The van der Waals surface area contributed by atoms with Crippen LogP contribution in [0.25, 0.3) is 0 Å². The average Bonchev–Trinajstić information content (AvgIpc) is 2.94. The molecule has 1 aromatic rings. The molecule has 6 nitrogen and oxygen atoms in total. The second kappa shape index (κ2) is 6.17. The molecule has 0 spiro atoms. The SMILES string of the molecule is N#Cc1cccc(C(=O)NCC2CCC(C(=O)O)O2)c1. The van der Waals surface area contributed by atoms with Gasteiger partial charge in [-0.15, -0.1) is 0 Å². The molecule has 1 fully saturated rings. The minimum Gasteiger partial charge on any atom is -0.479 e. The molecule has 1 aromatic carbocycles. The minimum absolute atomic E-state index is 0.263. The van der Waals surface area contributed by atoms with Crippen LogP contribution in [0.3, 0.4) is 0 Å². The summed E-state index contributed by atoms with van der Waals surface area (Å²) in [4.78, 5) is 22.6. The minimum atomic E-state index is -0.972. The van der Waals surface area contributed by atoms with Crippen molar-refractivity contribution >= 4 is 11.9 Å². The van der Waals surface area contributed by atoms with Crippen molar-refractivity contribution < 1.29 is 19.4 Å². The van der Waals surface area contributed by atoms with E-state index < -0.39 is 12.1 Å². The summed E-state index contributed by atoms with van der Waals surface area (Å²) in [5.41, 5.74) is 0.817. The van der Waals surface area contributed by atoms with Crippen molar-refractivity contribution in [2.75, 3.05) is 6.54 Å². The molecule has 2 atom stereocenters. The fourth-order valence-electron chi connectivity index (χ4n) is 2.08. The molecule has 0 aromatic heterocycles. The highest BCUT2D eigenvalue weighted by molar-refractivity contribution is 5.94. The lowest BCUT2D eigenvalue weighted by Crippen LogP contribution is -2.33. The van der Waals surface area contributed by atoms with Crippen LogP contribution in [0.2, 0.25) is 0 Å². The van der Waals surface area contributed by atoms with Crippen molar-refractivity contribution in [3.05, 3.63) is 35.4 Å². The van der Waals surface area contributed by atoms with Gasteiger partial charge >= 0.3 is 5.97 Å². The molecular weight excluding hydrogens is 260 g/mol. The number of carboxylic acids is 1. The molecule has 0 saturated carbocycles. The van der Waals surface area contributed by atoms with E-state index in [-0.39, 0.29) is 18.6 Å². The average molecular weight is 274 g/mol. The lowest BCUT2D eigenvalue weighted by Gasteiger charge is -2.12. The van der Waals surface area contributed by atoms with E-state index in [9.17, 15) is 9.59 Å². The molecule has 2 rings (SSSR count). The number of carboxylic acid groups (broad SMARTS) is 1. The predicted octanol–water partition coefficient (Wildman–Crippen LogP) is 0.920. The van der Waals surface area contributed by atoms with Crippen LogP contribution in [0, 0.1) is 11.3 Å². The molecule has 104 valence electrons. The molecule has 2 N–H and O–H groups in total. The predicted molar refractivity (Wildman–Crippen MR) is 69.0 cm³/mol. The Kier molecular flexibility index (Phi) is 4.33. The Hall–Kier alpha value is -2.39. The maximum Gasteiger partial charge on any atom is 0.332 e. The standard InChI is InChI=1S/C14H14N2O4/c15-7-9-2-1-3-10(6-9)13(17)16-8-11-4-5-12(20-11)14(18)19/h1-3,6,11-12H,4-5,8H2,(H,16,17)(H,18,19). The zero-order valence-electron chi connectivity index (χ0n) is 10.7. The van der Waals surface area contributed by atoms with Gasteiger partial charge in [0, 0.05) is 12.1 Å². The summed E-state index contributed by atoms with van der Waals surface area (Å²) in [6.07, 6.45) is 0.00736. The number of rotatable bonds is 4. The summed E-state index contributed by atoms with van der Waals surface area (Å²) in [6, 6.07) is 8.35. The molecule has 0 bridgehead atoms. The van der Waals surface area contributed by atoms with Gasteiger partial charge in [-0.25, -0.2) is 4.79 Å². The van der Waals surface area contributed by atoms with E-state index in [1.807, 2.05) is 6.07 Å². The number of nitrogens with one attached hydrogen (secondary N) is 1. The van der Waals surface area contributed by atoms with Crippen LogP contribution in [0.15, 0.2) is 24.3 Å². The molecule has 2 unspecified atom stereocenters. The van der Waals surface area contributed by atoms with Crippen LogP contribution < -0.4 is 5.32 Å². The van der Waals surface area contributed by atoms with Gasteiger partial charge < -0.3 is 15.2 Å². The summed E-state index contributed by atoms with van der Waals surface area (Å²) in [5, 5.41) is 20.3. The van der Waals surface area contributed by atoms with Crippen molar-refractivity contribution in [2.24, 2.45) is 0 Å². The number of hydrogen-bond acceptors (Lipinski definition) is 4. The Morgan fingerprint density at radius 2 is 2.25 bits per heavy atom. The highest BCUT2D eigenvalue weighted by atomic mass is 16.5. The third kappa shape index (κ3) is 3.33. The van der Waals surface area contributed by atoms with Gasteiger partial charge in [0.2, 0.25) is 0 Å². The van der Waals surface area contributed by atoms with E-state index in [0.29, 0.717) is 24.0 Å². The van der Waals surface area contributed by atoms with Crippen LogP contribution in [0.1, 0.15) is 28.8 Å². The maximum absolute atomic E-state index is 11.9. The lowest BCUT2D eigenvalue weighted by molar-refractivity contribution is -0.149. The van der Waals surface area contributed by atoms with Crippen LogP contribution in [-0.2, 0) is 9.53 Å². The summed E-state index contributed by atoms with van der Waals surface area (Å²) in [6.45, 7) is 0.263. The Labute approximate surface area is 116 Å². The third-order valence-electron chi connectivity index (χ3n) is 3.13. The summed E-state index contributed by atoms with van der Waals surface area (Å²) >= 11 is 0. The molecule has 20 heavy (non-hydrogen) atoms. The van der Waals surface area contributed by atoms with Crippen LogP contribution in [-0.4, -0.2) is 35.7 Å². The zero-order chi connectivity index (χ0) is 14.5. The zero-order valence-corrected chi connectivity index (χ0v) is 10.7. The van der Waals surface area contributed by atoms with E-state index in [0.717, 1.165) is 0 Å². The second-order valence-corrected chi connectivity index (χ2v) is 4.56. The fourth-order valence-corrected chi connectivity index (χ4v) is 2.08. The first-order valence-corrected chi connectivity index (χ1v) is 6.27. The van der Waals surface area contributed by atoms with E-state index in [1.54, 1.807) is 18.2 Å². The fraction of sp³-hybridized carbons (Fsp3) is 0.357. The van der Waals surface area contributed by atoms with Gasteiger partial charge in [0.15, 0.2) is 6.10 Å². The van der Waals surface area contributed by atoms with Crippen molar-refractivity contribution in [2.45, 2.75) is 25.0 Å². The van der Waals surface area contributed by atoms with Gasteiger partial charge in [-0.05, 0) is 31.0 Å². The van der Waals surface area contributed by atoms with E-state index in [1.165, 1.54) is 6.07 Å². The molecule has 1 heterocycles. The van der Waals surface area contributed by atoms with Gasteiger partial charge in [0.25, 0.3) is 5.91 Å². The lowest BCUT2D eigenvalue weighted by atomic mass is 10.1. The molecule has 6 heteroatoms. The molecule has 1 aliphatic heterocycles. The van der Waals surface area contributed by atoms with E-state index >= 15 is 0 Å². The van der Waals surface area contributed by atoms with Crippen molar-refractivity contribution in [1.82, 2.24) is 5.32 Å². The monoisotopic (exact) mass is 274 g/mol. The molecule has 0 radical (unpaired) electrons. The number of nitrogens with zero attached hydrogens (tertiary/aromatic N) is 1. The topological polar surface area (TPSA) is 99.4 Å². The Morgan fingerprint density at radius 1 is 1.45 bits per heavy atom.